The molecule has 0 saturated carbocycles. The summed E-state index contributed by atoms with van der Waals surface area (Å²) in [6.07, 6.45) is 4.59. The van der Waals surface area contributed by atoms with Crippen LogP contribution in [0.4, 0.5) is 0 Å². The van der Waals surface area contributed by atoms with Crippen molar-refractivity contribution in [3.8, 4) is 0 Å². The fourth-order valence-electron chi connectivity index (χ4n) is 2.65. The number of aromatic nitrogens is 4. The van der Waals surface area contributed by atoms with Crippen LogP contribution in [-0.2, 0) is 19.5 Å². The average Bonchev–Trinajstić information content (AvgIpc) is 3.05. The van der Waals surface area contributed by atoms with E-state index in [-0.39, 0.29) is 0 Å². The molecule has 0 bridgehead atoms. The summed E-state index contributed by atoms with van der Waals surface area (Å²) in [6, 6.07) is 5.97. The minimum Gasteiger partial charge on any atom is -0.340 e. The number of nitrogens with zero attached hydrogens (tertiary/aromatic N) is 4. The Kier molecular flexibility index (Phi) is 3.94. The summed E-state index contributed by atoms with van der Waals surface area (Å²) in [4.78, 5) is 4.34. The molecule has 0 saturated heterocycles. The van der Waals surface area contributed by atoms with E-state index in [4.69, 9.17) is 17.3 Å². The first-order chi connectivity index (χ1) is 10.2. The number of fused-ring (bicyclic) bond motifs is 1. The summed E-state index contributed by atoms with van der Waals surface area (Å²) >= 11 is 6.15. The number of hydrogen-bond donors (Lipinski definition) is 1. The van der Waals surface area contributed by atoms with Gasteiger partial charge >= 0.3 is 0 Å². The lowest BCUT2D eigenvalue weighted by Crippen LogP contribution is -2.08. The highest BCUT2D eigenvalue weighted by Gasteiger charge is 2.11. The van der Waals surface area contributed by atoms with Gasteiger partial charge in [-0.15, -0.1) is 0 Å². The van der Waals surface area contributed by atoms with Crippen molar-refractivity contribution in [1.29, 1.82) is 0 Å². The maximum atomic E-state index is 6.15. The molecular weight excluding hydrogens is 286 g/mol. The Morgan fingerprint density at radius 2 is 2.19 bits per heavy atom. The van der Waals surface area contributed by atoms with Crippen LogP contribution in [0.15, 0.2) is 30.7 Å². The molecular formula is C15H18ClN5. The van der Waals surface area contributed by atoms with Crippen LogP contribution in [0.5, 0.6) is 0 Å². The van der Waals surface area contributed by atoms with Gasteiger partial charge in [0.2, 0.25) is 0 Å². The largest absolute Gasteiger partial charge is 0.340 e. The maximum absolute atomic E-state index is 6.15. The standard InChI is InChI=1S/C15H18ClN5/c1-2-21-15(18-10-19-21)9-20-8-11(5-6-17)13-4-3-12(16)7-14(13)20/h3-4,7-8,10H,2,5-6,9,17H2,1H3. The van der Waals surface area contributed by atoms with E-state index in [0.29, 0.717) is 13.1 Å². The third kappa shape index (κ3) is 2.66. The monoisotopic (exact) mass is 303 g/mol. The van der Waals surface area contributed by atoms with E-state index in [0.717, 1.165) is 29.3 Å². The first-order valence-electron chi connectivity index (χ1n) is 7.07. The summed E-state index contributed by atoms with van der Waals surface area (Å²) in [7, 11) is 0. The quantitative estimate of drug-likeness (QED) is 0.787. The Labute approximate surface area is 128 Å². The average molecular weight is 304 g/mol. The van der Waals surface area contributed by atoms with E-state index in [1.54, 1.807) is 6.33 Å². The lowest BCUT2D eigenvalue weighted by atomic mass is 10.1. The van der Waals surface area contributed by atoms with Gasteiger partial charge in [0.25, 0.3) is 0 Å². The van der Waals surface area contributed by atoms with Crippen molar-refractivity contribution in [2.45, 2.75) is 26.4 Å². The number of benzene rings is 1. The third-order valence-electron chi connectivity index (χ3n) is 3.65. The molecule has 0 aliphatic rings. The predicted octanol–water partition coefficient (Wildman–Crippen LogP) is 2.46. The summed E-state index contributed by atoms with van der Waals surface area (Å²) in [5.41, 5.74) is 8.06. The molecule has 0 amide bonds. The van der Waals surface area contributed by atoms with Crippen LogP contribution >= 0.6 is 11.6 Å². The number of hydrogen-bond acceptors (Lipinski definition) is 3. The zero-order valence-corrected chi connectivity index (χ0v) is 12.7. The van der Waals surface area contributed by atoms with E-state index in [2.05, 4.69) is 33.8 Å². The summed E-state index contributed by atoms with van der Waals surface area (Å²) in [5, 5.41) is 6.15. The highest BCUT2D eigenvalue weighted by molar-refractivity contribution is 6.31. The van der Waals surface area contributed by atoms with Crippen LogP contribution in [0.3, 0.4) is 0 Å². The van der Waals surface area contributed by atoms with Crippen molar-refractivity contribution < 1.29 is 0 Å². The van der Waals surface area contributed by atoms with E-state index in [9.17, 15) is 0 Å². The van der Waals surface area contributed by atoms with Crippen LogP contribution in [0.25, 0.3) is 10.9 Å². The molecule has 0 fully saturated rings. The van der Waals surface area contributed by atoms with Gasteiger partial charge in [0.1, 0.15) is 12.2 Å². The molecule has 0 aliphatic heterocycles. The molecule has 0 atom stereocenters. The highest BCUT2D eigenvalue weighted by atomic mass is 35.5. The number of nitrogens with two attached hydrogens (primary N) is 1. The van der Waals surface area contributed by atoms with Crippen LogP contribution in [0.2, 0.25) is 5.02 Å². The molecule has 2 heterocycles. The molecule has 0 aliphatic carbocycles. The minimum atomic E-state index is 0.632. The SMILES string of the molecule is CCn1ncnc1Cn1cc(CCN)c2ccc(Cl)cc21. The highest BCUT2D eigenvalue weighted by Crippen LogP contribution is 2.25. The summed E-state index contributed by atoms with van der Waals surface area (Å²) in [5.74, 6) is 0.939. The molecule has 2 aromatic heterocycles. The molecule has 3 aromatic rings. The molecule has 21 heavy (non-hydrogen) atoms. The molecule has 0 radical (unpaired) electrons. The van der Waals surface area contributed by atoms with Crippen molar-refractivity contribution in [3.63, 3.8) is 0 Å². The zero-order chi connectivity index (χ0) is 14.8. The second-order valence-corrected chi connectivity index (χ2v) is 5.41. The minimum absolute atomic E-state index is 0.632. The Morgan fingerprint density at radius 1 is 1.33 bits per heavy atom. The number of aryl methyl sites for hydroxylation is 1. The zero-order valence-electron chi connectivity index (χ0n) is 12.0. The van der Waals surface area contributed by atoms with Crippen molar-refractivity contribution in [2.75, 3.05) is 6.54 Å². The van der Waals surface area contributed by atoms with Gasteiger partial charge in [-0.3, -0.25) is 0 Å². The molecule has 0 spiro atoms. The van der Waals surface area contributed by atoms with Gasteiger partial charge < -0.3 is 10.3 Å². The topological polar surface area (TPSA) is 61.7 Å². The Bertz CT molecular complexity index is 759. The molecule has 110 valence electrons. The number of rotatable bonds is 5. The third-order valence-corrected chi connectivity index (χ3v) is 3.88. The molecule has 3 rings (SSSR count). The Hall–Kier alpha value is -1.85. The van der Waals surface area contributed by atoms with Gasteiger partial charge in [0.05, 0.1) is 12.1 Å². The fraction of sp³-hybridized carbons (Fsp3) is 0.333. The normalized spacial score (nSPS) is 11.4. The van der Waals surface area contributed by atoms with Gasteiger partial charge in [-0.2, -0.15) is 5.10 Å². The number of halogens is 1. The van der Waals surface area contributed by atoms with Gasteiger partial charge in [0, 0.05) is 23.2 Å². The predicted molar refractivity (Wildman–Crippen MR) is 84.5 cm³/mol. The summed E-state index contributed by atoms with van der Waals surface area (Å²) in [6.45, 7) is 4.18. The maximum Gasteiger partial charge on any atom is 0.146 e. The Balaban J connectivity index is 2.07. The lowest BCUT2D eigenvalue weighted by Gasteiger charge is -2.06. The first-order valence-corrected chi connectivity index (χ1v) is 7.44. The van der Waals surface area contributed by atoms with E-state index >= 15 is 0 Å². The molecule has 6 heteroatoms. The fourth-order valence-corrected chi connectivity index (χ4v) is 2.82. The molecule has 0 unspecified atom stereocenters. The van der Waals surface area contributed by atoms with Gasteiger partial charge in [-0.1, -0.05) is 17.7 Å². The van der Waals surface area contributed by atoms with Gasteiger partial charge in [-0.25, -0.2) is 9.67 Å². The van der Waals surface area contributed by atoms with Gasteiger partial charge in [0.15, 0.2) is 0 Å². The Morgan fingerprint density at radius 3 is 2.95 bits per heavy atom. The van der Waals surface area contributed by atoms with Crippen LogP contribution in [-0.4, -0.2) is 25.9 Å². The van der Waals surface area contributed by atoms with Crippen LogP contribution < -0.4 is 5.73 Å². The smallest absolute Gasteiger partial charge is 0.146 e. The second kappa shape index (κ2) is 5.87. The molecule has 5 nitrogen and oxygen atoms in total. The molecule has 1 aromatic carbocycles. The van der Waals surface area contributed by atoms with E-state index in [1.807, 2.05) is 16.8 Å². The van der Waals surface area contributed by atoms with Crippen LogP contribution in [0, 0.1) is 0 Å². The van der Waals surface area contributed by atoms with Crippen molar-refractivity contribution >= 4 is 22.5 Å². The van der Waals surface area contributed by atoms with E-state index in [1.165, 1.54) is 10.9 Å². The van der Waals surface area contributed by atoms with Crippen LogP contribution in [0.1, 0.15) is 18.3 Å². The van der Waals surface area contributed by atoms with Gasteiger partial charge in [-0.05, 0) is 37.6 Å². The first kappa shape index (κ1) is 14.1. The van der Waals surface area contributed by atoms with Crippen molar-refractivity contribution in [2.24, 2.45) is 5.73 Å². The van der Waals surface area contributed by atoms with Crippen molar-refractivity contribution in [1.82, 2.24) is 19.3 Å². The lowest BCUT2D eigenvalue weighted by molar-refractivity contribution is 0.596. The van der Waals surface area contributed by atoms with E-state index < -0.39 is 0 Å². The molecule has 2 N–H and O–H groups in total. The summed E-state index contributed by atoms with van der Waals surface area (Å²) < 4.78 is 4.07. The van der Waals surface area contributed by atoms with Crippen molar-refractivity contribution in [3.05, 3.63) is 47.1 Å². The second-order valence-electron chi connectivity index (χ2n) is 4.97.